The minimum absolute atomic E-state index is 0.148. The zero-order valence-electron chi connectivity index (χ0n) is 16.5. The molecule has 1 saturated heterocycles. The van der Waals surface area contributed by atoms with Crippen LogP contribution in [0.1, 0.15) is 34.6 Å². The molecule has 1 heterocycles. The van der Waals surface area contributed by atoms with Crippen LogP contribution in [0.3, 0.4) is 0 Å². The van der Waals surface area contributed by atoms with Crippen LogP contribution in [0.15, 0.2) is 30.3 Å². The predicted octanol–water partition coefficient (Wildman–Crippen LogP) is 2.84. The van der Waals surface area contributed by atoms with E-state index in [1.54, 1.807) is 17.0 Å². The number of carbonyl (C=O) groups excluding carboxylic acids is 2. The van der Waals surface area contributed by atoms with E-state index in [-0.39, 0.29) is 30.1 Å². The first-order valence-corrected chi connectivity index (χ1v) is 9.39. The van der Waals surface area contributed by atoms with E-state index < -0.39 is 0 Å². The first-order valence-electron chi connectivity index (χ1n) is 9.39. The molecule has 1 aromatic carbocycles. The van der Waals surface area contributed by atoms with Gasteiger partial charge in [-0.15, -0.1) is 0 Å². The van der Waals surface area contributed by atoms with Crippen LogP contribution in [0.4, 0.5) is 4.79 Å². The molecule has 1 aliphatic heterocycles. The van der Waals surface area contributed by atoms with Gasteiger partial charge in [0.25, 0.3) is 0 Å². The number of hydrogen-bond donors (Lipinski definition) is 0. The van der Waals surface area contributed by atoms with Crippen LogP contribution in [0.5, 0.6) is 5.75 Å². The standard InChI is InChI=1S/C20H31N3O3/c1-15(2)23(16(3)4)19(24)17(5)21-11-13-22(14-12-21)20(25)26-18-9-7-6-8-10-18/h6-10,15-17H,11-14H2,1-5H3. The number of hydrogen-bond acceptors (Lipinski definition) is 4. The van der Waals surface area contributed by atoms with Crippen molar-refractivity contribution in [2.75, 3.05) is 26.2 Å². The van der Waals surface area contributed by atoms with Crippen molar-refractivity contribution < 1.29 is 14.3 Å². The van der Waals surface area contributed by atoms with Crippen LogP contribution in [0, 0.1) is 0 Å². The van der Waals surface area contributed by atoms with Gasteiger partial charge >= 0.3 is 6.09 Å². The molecule has 1 aliphatic rings. The summed E-state index contributed by atoms with van der Waals surface area (Å²) in [4.78, 5) is 30.9. The van der Waals surface area contributed by atoms with E-state index in [9.17, 15) is 9.59 Å². The van der Waals surface area contributed by atoms with E-state index in [2.05, 4.69) is 4.90 Å². The highest BCUT2D eigenvalue weighted by Crippen LogP contribution is 2.15. The molecule has 0 aliphatic carbocycles. The lowest BCUT2D eigenvalue weighted by Crippen LogP contribution is -2.57. The maximum absolute atomic E-state index is 12.9. The van der Waals surface area contributed by atoms with Gasteiger partial charge in [-0.1, -0.05) is 18.2 Å². The Hall–Kier alpha value is -2.08. The highest BCUT2D eigenvalue weighted by molar-refractivity contribution is 5.82. The number of nitrogens with zero attached hydrogens (tertiary/aromatic N) is 3. The topological polar surface area (TPSA) is 53.1 Å². The number of ether oxygens (including phenoxy) is 1. The average molecular weight is 361 g/mol. The lowest BCUT2D eigenvalue weighted by molar-refractivity contribution is -0.140. The molecule has 2 rings (SSSR count). The third-order valence-electron chi connectivity index (χ3n) is 4.79. The smallest absolute Gasteiger partial charge is 0.410 e. The van der Waals surface area contributed by atoms with Crippen LogP contribution in [-0.4, -0.2) is 71.0 Å². The maximum Gasteiger partial charge on any atom is 0.415 e. The Labute approximate surface area is 156 Å². The van der Waals surface area contributed by atoms with Gasteiger partial charge in [0.2, 0.25) is 5.91 Å². The molecule has 0 aromatic heterocycles. The molecule has 0 N–H and O–H groups in total. The van der Waals surface area contributed by atoms with Crippen LogP contribution >= 0.6 is 0 Å². The third kappa shape index (κ3) is 4.97. The SMILES string of the molecule is CC(C(=O)N(C(C)C)C(C)C)N1CCN(C(=O)Oc2ccccc2)CC1. The summed E-state index contributed by atoms with van der Waals surface area (Å²) in [5.41, 5.74) is 0. The van der Waals surface area contributed by atoms with Gasteiger partial charge in [-0.25, -0.2) is 4.79 Å². The summed E-state index contributed by atoms with van der Waals surface area (Å²) in [6.45, 7) is 12.6. The quantitative estimate of drug-likeness (QED) is 0.809. The van der Waals surface area contributed by atoms with Gasteiger partial charge in [-0.2, -0.15) is 0 Å². The molecule has 2 amide bonds. The zero-order chi connectivity index (χ0) is 19.3. The molecule has 144 valence electrons. The van der Waals surface area contributed by atoms with E-state index in [0.717, 1.165) is 0 Å². The minimum Gasteiger partial charge on any atom is -0.410 e. The van der Waals surface area contributed by atoms with Crippen LogP contribution in [0.2, 0.25) is 0 Å². The zero-order valence-corrected chi connectivity index (χ0v) is 16.5. The van der Waals surface area contributed by atoms with Gasteiger partial charge in [0.15, 0.2) is 0 Å². The fourth-order valence-electron chi connectivity index (χ4n) is 3.42. The Morgan fingerprint density at radius 1 is 0.923 bits per heavy atom. The second kappa shape index (κ2) is 9.03. The van der Waals surface area contributed by atoms with Crippen LogP contribution < -0.4 is 4.74 Å². The van der Waals surface area contributed by atoms with E-state index in [1.807, 2.05) is 57.7 Å². The second-order valence-corrected chi connectivity index (χ2v) is 7.31. The molecule has 0 radical (unpaired) electrons. The van der Waals surface area contributed by atoms with Crippen molar-refractivity contribution >= 4 is 12.0 Å². The number of benzene rings is 1. The second-order valence-electron chi connectivity index (χ2n) is 7.31. The van der Waals surface area contributed by atoms with E-state index >= 15 is 0 Å². The molecule has 0 bridgehead atoms. The Balaban J connectivity index is 1.89. The van der Waals surface area contributed by atoms with Crippen molar-refractivity contribution in [3.8, 4) is 5.75 Å². The van der Waals surface area contributed by atoms with Gasteiger partial charge in [-0.3, -0.25) is 9.69 Å². The number of amides is 2. The molecule has 1 unspecified atom stereocenters. The molecule has 6 nitrogen and oxygen atoms in total. The largest absolute Gasteiger partial charge is 0.415 e. The molecule has 6 heteroatoms. The molecule has 26 heavy (non-hydrogen) atoms. The molecule has 1 fully saturated rings. The van der Waals surface area contributed by atoms with E-state index in [0.29, 0.717) is 31.9 Å². The summed E-state index contributed by atoms with van der Waals surface area (Å²) in [6, 6.07) is 9.24. The van der Waals surface area contributed by atoms with Gasteiger partial charge < -0.3 is 14.5 Å². The Morgan fingerprint density at radius 3 is 1.96 bits per heavy atom. The van der Waals surface area contributed by atoms with Crippen molar-refractivity contribution in [1.29, 1.82) is 0 Å². The number of rotatable bonds is 5. The number of piperazine rings is 1. The highest BCUT2D eigenvalue weighted by atomic mass is 16.6. The van der Waals surface area contributed by atoms with Crippen molar-refractivity contribution in [1.82, 2.24) is 14.7 Å². The highest BCUT2D eigenvalue weighted by Gasteiger charge is 2.32. The molecule has 0 saturated carbocycles. The lowest BCUT2D eigenvalue weighted by atomic mass is 10.1. The van der Waals surface area contributed by atoms with Gasteiger partial charge in [-0.05, 0) is 46.8 Å². The monoisotopic (exact) mass is 361 g/mol. The van der Waals surface area contributed by atoms with Gasteiger partial charge in [0, 0.05) is 38.3 Å². The minimum atomic E-state index is -0.333. The van der Waals surface area contributed by atoms with Gasteiger partial charge in [0.1, 0.15) is 5.75 Å². The Morgan fingerprint density at radius 2 is 1.46 bits per heavy atom. The number of carbonyl (C=O) groups is 2. The van der Waals surface area contributed by atoms with Crippen LogP contribution in [0.25, 0.3) is 0 Å². The molecular formula is C20H31N3O3. The fraction of sp³-hybridized carbons (Fsp3) is 0.600. The van der Waals surface area contributed by atoms with Crippen molar-refractivity contribution in [3.05, 3.63) is 30.3 Å². The van der Waals surface area contributed by atoms with Crippen molar-refractivity contribution in [2.24, 2.45) is 0 Å². The first-order chi connectivity index (χ1) is 12.3. The lowest BCUT2D eigenvalue weighted by Gasteiger charge is -2.40. The van der Waals surface area contributed by atoms with E-state index in [1.165, 1.54) is 0 Å². The number of para-hydroxylation sites is 1. The Bertz CT molecular complexity index is 588. The normalized spacial score (nSPS) is 16.7. The van der Waals surface area contributed by atoms with Crippen molar-refractivity contribution in [2.45, 2.75) is 52.7 Å². The molecule has 1 aromatic rings. The molecule has 0 spiro atoms. The Kier molecular flexibility index (Phi) is 7.03. The maximum atomic E-state index is 12.9. The summed E-state index contributed by atoms with van der Waals surface area (Å²) >= 11 is 0. The average Bonchev–Trinajstić information content (AvgIpc) is 2.61. The first kappa shape index (κ1) is 20.2. The van der Waals surface area contributed by atoms with Gasteiger partial charge in [0.05, 0.1) is 6.04 Å². The summed E-state index contributed by atoms with van der Waals surface area (Å²) in [6.07, 6.45) is -0.333. The molecular weight excluding hydrogens is 330 g/mol. The summed E-state index contributed by atoms with van der Waals surface area (Å²) in [5.74, 6) is 0.697. The van der Waals surface area contributed by atoms with Crippen LogP contribution in [-0.2, 0) is 4.79 Å². The third-order valence-corrected chi connectivity index (χ3v) is 4.79. The summed E-state index contributed by atoms with van der Waals surface area (Å²) in [7, 11) is 0. The predicted molar refractivity (Wildman–Crippen MR) is 102 cm³/mol. The van der Waals surface area contributed by atoms with E-state index in [4.69, 9.17) is 4.74 Å². The van der Waals surface area contributed by atoms with Crippen molar-refractivity contribution in [3.63, 3.8) is 0 Å². The fourth-order valence-corrected chi connectivity index (χ4v) is 3.42. The molecule has 1 atom stereocenters. The summed E-state index contributed by atoms with van der Waals surface area (Å²) in [5, 5.41) is 0. The summed E-state index contributed by atoms with van der Waals surface area (Å²) < 4.78 is 5.39.